The first kappa shape index (κ1) is 11.5. The van der Waals surface area contributed by atoms with E-state index in [2.05, 4.69) is 36.5 Å². The van der Waals surface area contributed by atoms with Crippen LogP contribution >= 0.6 is 0 Å². The Kier molecular flexibility index (Phi) is 3.66. The average Bonchev–Trinajstić information content (AvgIpc) is 2.35. The number of nitrogens with one attached hydrogen (secondary N) is 1. The van der Waals surface area contributed by atoms with E-state index in [1.54, 1.807) is 0 Å². The summed E-state index contributed by atoms with van der Waals surface area (Å²) in [6.07, 6.45) is 0. The molecule has 1 N–H and O–H groups in total. The Morgan fingerprint density at radius 1 is 1.00 bits per heavy atom. The van der Waals surface area contributed by atoms with Gasteiger partial charge in [0, 0.05) is 5.69 Å². The average molecular weight is 227 g/mol. The maximum Gasteiger partial charge on any atom is 0.142 e. The molecule has 0 spiro atoms. The van der Waals surface area contributed by atoms with Gasteiger partial charge in [-0.15, -0.1) is 0 Å². The molecule has 2 aromatic rings. The molecule has 0 fully saturated rings. The van der Waals surface area contributed by atoms with Crippen molar-refractivity contribution in [2.45, 2.75) is 13.8 Å². The van der Waals surface area contributed by atoms with Crippen LogP contribution in [0.5, 0.6) is 5.75 Å². The summed E-state index contributed by atoms with van der Waals surface area (Å²) >= 11 is 0. The molecule has 17 heavy (non-hydrogen) atoms. The van der Waals surface area contributed by atoms with E-state index in [9.17, 15) is 0 Å². The molecule has 2 heteroatoms. The van der Waals surface area contributed by atoms with Crippen LogP contribution in [0.3, 0.4) is 0 Å². The molecular formula is C15H17NO. The number of aryl methyl sites for hydroxylation is 1. The molecular weight excluding hydrogens is 210 g/mol. The first-order chi connectivity index (χ1) is 8.29. The highest BCUT2D eigenvalue weighted by molar-refractivity contribution is 5.66. The van der Waals surface area contributed by atoms with E-state index in [1.807, 2.05) is 31.2 Å². The van der Waals surface area contributed by atoms with Crippen molar-refractivity contribution in [2.24, 2.45) is 0 Å². The van der Waals surface area contributed by atoms with Crippen LogP contribution in [0.4, 0.5) is 11.4 Å². The third kappa shape index (κ3) is 3.00. The van der Waals surface area contributed by atoms with E-state index >= 15 is 0 Å². The van der Waals surface area contributed by atoms with E-state index in [1.165, 1.54) is 5.56 Å². The summed E-state index contributed by atoms with van der Waals surface area (Å²) in [5, 5.41) is 3.36. The van der Waals surface area contributed by atoms with Crippen molar-refractivity contribution < 1.29 is 4.74 Å². The van der Waals surface area contributed by atoms with Gasteiger partial charge in [0.05, 0.1) is 12.3 Å². The minimum atomic E-state index is 0.673. The summed E-state index contributed by atoms with van der Waals surface area (Å²) in [6, 6.07) is 16.3. The molecule has 0 heterocycles. The Hall–Kier alpha value is -1.96. The fourth-order valence-electron chi connectivity index (χ4n) is 1.64. The third-order valence-corrected chi connectivity index (χ3v) is 2.52. The molecule has 0 amide bonds. The topological polar surface area (TPSA) is 21.3 Å². The van der Waals surface area contributed by atoms with Gasteiger partial charge in [-0.3, -0.25) is 0 Å². The second-order valence-corrected chi connectivity index (χ2v) is 3.92. The lowest BCUT2D eigenvalue weighted by Gasteiger charge is -2.12. The summed E-state index contributed by atoms with van der Waals surface area (Å²) in [4.78, 5) is 0. The molecule has 0 bridgehead atoms. The number of ether oxygens (including phenoxy) is 1. The summed E-state index contributed by atoms with van der Waals surface area (Å²) in [5.41, 5.74) is 3.33. The SMILES string of the molecule is CCOc1ccccc1Nc1ccc(C)cc1. The molecule has 0 atom stereocenters. The van der Waals surface area contributed by atoms with Crippen LogP contribution in [-0.2, 0) is 0 Å². The van der Waals surface area contributed by atoms with Gasteiger partial charge in [0.15, 0.2) is 0 Å². The molecule has 0 aromatic heterocycles. The largest absolute Gasteiger partial charge is 0.492 e. The van der Waals surface area contributed by atoms with E-state index in [0.717, 1.165) is 17.1 Å². The van der Waals surface area contributed by atoms with Gasteiger partial charge >= 0.3 is 0 Å². The predicted octanol–water partition coefficient (Wildman–Crippen LogP) is 4.14. The van der Waals surface area contributed by atoms with Crippen LogP contribution in [0.15, 0.2) is 48.5 Å². The normalized spacial score (nSPS) is 10.0. The second-order valence-electron chi connectivity index (χ2n) is 3.92. The highest BCUT2D eigenvalue weighted by atomic mass is 16.5. The number of para-hydroxylation sites is 2. The van der Waals surface area contributed by atoms with Crippen molar-refractivity contribution in [3.8, 4) is 5.75 Å². The molecule has 0 saturated carbocycles. The van der Waals surface area contributed by atoms with E-state index < -0.39 is 0 Å². The lowest BCUT2D eigenvalue weighted by Crippen LogP contribution is -1.97. The van der Waals surface area contributed by atoms with Gasteiger partial charge in [-0.25, -0.2) is 0 Å². The molecule has 2 aromatic carbocycles. The Morgan fingerprint density at radius 2 is 1.71 bits per heavy atom. The van der Waals surface area contributed by atoms with Crippen LogP contribution in [0.1, 0.15) is 12.5 Å². The minimum absolute atomic E-state index is 0.673. The molecule has 88 valence electrons. The number of rotatable bonds is 4. The molecule has 0 aliphatic rings. The van der Waals surface area contributed by atoms with Crippen LogP contribution in [-0.4, -0.2) is 6.61 Å². The Labute approximate surface area is 102 Å². The van der Waals surface area contributed by atoms with Crippen molar-refractivity contribution in [2.75, 3.05) is 11.9 Å². The monoisotopic (exact) mass is 227 g/mol. The first-order valence-electron chi connectivity index (χ1n) is 5.85. The number of benzene rings is 2. The lowest BCUT2D eigenvalue weighted by atomic mass is 10.2. The number of hydrogen-bond donors (Lipinski definition) is 1. The van der Waals surface area contributed by atoms with E-state index in [4.69, 9.17) is 4.74 Å². The lowest BCUT2D eigenvalue weighted by molar-refractivity contribution is 0.342. The molecule has 2 nitrogen and oxygen atoms in total. The zero-order valence-electron chi connectivity index (χ0n) is 10.2. The fourth-order valence-corrected chi connectivity index (χ4v) is 1.64. The van der Waals surface area contributed by atoms with Crippen molar-refractivity contribution in [1.29, 1.82) is 0 Å². The molecule has 0 radical (unpaired) electrons. The van der Waals surface area contributed by atoms with E-state index in [-0.39, 0.29) is 0 Å². The van der Waals surface area contributed by atoms with Gasteiger partial charge in [-0.2, -0.15) is 0 Å². The van der Waals surface area contributed by atoms with Gasteiger partial charge in [0.1, 0.15) is 5.75 Å². The number of anilines is 2. The van der Waals surface area contributed by atoms with Crippen LogP contribution in [0.25, 0.3) is 0 Å². The summed E-state index contributed by atoms with van der Waals surface area (Å²) in [5.74, 6) is 0.885. The van der Waals surface area contributed by atoms with Crippen LogP contribution in [0.2, 0.25) is 0 Å². The highest BCUT2D eigenvalue weighted by Crippen LogP contribution is 2.27. The predicted molar refractivity (Wildman–Crippen MR) is 72.1 cm³/mol. The van der Waals surface area contributed by atoms with Gasteiger partial charge in [0.2, 0.25) is 0 Å². The van der Waals surface area contributed by atoms with Gasteiger partial charge in [-0.05, 0) is 38.1 Å². The highest BCUT2D eigenvalue weighted by Gasteiger charge is 2.01. The fraction of sp³-hybridized carbons (Fsp3) is 0.200. The molecule has 2 rings (SSSR count). The molecule has 0 saturated heterocycles. The Balaban J connectivity index is 2.20. The van der Waals surface area contributed by atoms with Gasteiger partial charge < -0.3 is 10.1 Å². The van der Waals surface area contributed by atoms with Crippen molar-refractivity contribution in [3.05, 3.63) is 54.1 Å². The summed E-state index contributed by atoms with van der Waals surface area (Å²) < 4.78 is 5.57. The van der Waals surface area contributed by atoms with E-state index in [0.29, 0.717) is 6.61 Å². The zero-order valence-corrected chi connectivity index (χ0v) is 10.2. The summed E-state index contributed by atoms with van der Waals surface area (Å²) in [7, 11) is 0. The smallest absolute Gasteiger partial charge is 0.142 e. The molecule has 0 aliphatic carbocycles. The Morgan fingerprint density at radius 3 is 2.41 bits per heavy atom. The van der Waals surface area contributed by atoms with Crippen LogP contribution in [0, 0.1) is 6.92 Å². The van der Waals surface area contributed by atoms with Crippen molar-refractivity contribution >= 4 is 11.4 Å². The standard InChI is InChI=1S/C15H17NO/c1-3-17-15-7-5-4-6-14(15)16-13-10-8-12(2)9-11-13/h4-11,16H,3H2,1-2H3. The third-order valence-electron chi connectivity index (χ3n) is 2.52. The zero-order chi connectivity index (χ0) is 12.1. The van der Waals surface area contributed by atoms with Crippen LogP contribution < -0.4 is 10.1 Å². The number of hydrogen-bond acceptors (Lipinski definition) is 2. The van der Waals surface area contributed by atoms with Gasteiger partial charge in [0.25, 0.3) is 0 Å². The molecule has 0 aliphatic heterocycles. The quantitative estimate of drug-likeness (QED) is 0.847. The molecule has 0 unspecified atom stereocenters. The second kappa shape index (κ2) is 5.39. The Bertz CT molecular complexity index is 477. The minimum Gasteiger partial charge on any atom is -0.492 e. The van der Waals surface area contributed by atoms with Gasteiger partial charge in [-0.1, -0.05) is 29.8 Å². The first-order valence-corrected chi connectivity index (χ1v) is 5.85. The van der Waals surface area contributed by atoms with Crippen molar-refractivity contribution in [1.82, 2.24) is 0 Å². The maximum atomic E-state index is 5.57. The van der Waals surface area contributed by atoms with Crippen molar-refractivity contribution in [3.63, 3.8) is 0 Å². The maximum absolute atomic E-state index is 5.57. The summed E-state index contributed by atoms with van der Waals surface area (Å²) in [6.45, 7) is 4.74.